The number of ether oxygens (including phenoxy) is 1. The third-order valence-corrected chi connectivity index (χ3v) is 2.10. The lowest BCUT2D eigenvalue weighted by Gasteiger charge is -2.06. The molecule has 0 saturated carbocycles. The Balaban J connectivity index is 2.81. The van der Waals surface area contributed by atoms with E-state index in [0.29, 0.717) is 11.1 Å². The van der Waals surface area contributed by atoms with Crippen molar-refractivity contribution in [2.45, 2.75) is 13.5 Å². The molecule has 1 aromatic rings. The molecule has 0 aliphatic rings. The van der Waals surface area contributed by atoms with Gasteiger partial charge in [0, 0.05) is 12.5 Å². The highest BCUT2D eigenvalue weighted by Crippen LogP contribution is 2.15. The van der Waals surface area contributed by atoms with E-state index in [1.807, 2.05) is 0 Å². The Kier molecular flexibility index (Phi) is 4.54. The standard InChI is InChI=1S/C12H14O5/c1-8(14)17-7-11(15)12(16)10-4-2-9(6-13)3-5-10/h2-5,13,15-16H,6-7H2,1H3/b12-11-. The van der Waals surface area contributed by atoms with E-state index in [1.165, 1.54) is 6.92 Å². The van der Waals surface area contributed by atoms with Crippen molar-refractivity contribution < 1.29 is 24.9 Å². The van der Waals surface area contributed by atoms with Crippen molar-refractivity contribution in [3.05, 3.63) is 41.2 Å². The third-order valence-electron chi connectivity index (χ3n) is 2.10. The van der Waals surface area contributed by atoms with Crippen LogP contribution in [0.2, 0.25) is 0 Å². The summed E-state index contributed by atoms with van der Waals surface area (Å²) in [4.78, 5) is 10.5. The predicted molar refractivity (Wildman–Crippen MR) is 61.2 cm³/mol. The van der Waals surface area contributed by atoms with Crippen molar-refractivity contribution >= 4 is 11.7 Å². The minimum absolute atomic E-state index is 0.0931. The molecular formula is C12H14O5. The van der Waals surface area contributed by atoms with Crippen molar-refractivity contribution in [2.75, 3.05) is 6.61 Å². The van der Waals surface area contributed by atoms with Gasteiger partial charge in [-0.1, -0.05) is 24.3 Å². The second kappa shape index (κ2) is 5.91. The highest BCUT2D eigenvalue weighted by atomic mass is 16.5. The van der Waals surface area contributed by atoms with Gasteiger partial charge in [-0.2, -0.15) is 0 Å². The number of hydrogen-bond donors (Lipinski definition) is 3. The fraction of sp³-hybridized carbons (Fsp3) is 0.250. The number of aliphatic hydroxyl groups excluding tert-OH is 3. The van der Waals surface area contributed by atoms with Crippen molar-refractivity contribution in [1.29, 1.82) is 0 Å². The summed E-state index contributed by atoms with van der Waals surface area (Å²) in [6, 6.07) is 6.32. The van der Waals surface area contributed by atoms with E-state index >= 15 is 0 Å². The first-order chi connectivity index (χ1) is 8.04. The summed E-state index contributed by atoms with van der Waals surface area (Å²) in [5.41, 5.74) is 1.08. The average molecular weight is 238 g/mol. The van der Waals surface area contributed by atoms with Gasteiger partial charge in [-0.25, -0.2) is 0 Å². The van der Waals surface area contributed by atoms with Gasteiger partial charge >= 0.3 is 5.97 Å². The van der Waals surface area contributed by atoms with E-state index in [9.17, 15) is 15.0 Å². The van der Waals surface area contributed by atoms with Crippen molar-refractivity contribution in [1.82, 2.24) is 0 Å². The van der Waals surface area contributed by atoms with Gasteiger partial charge in [0.15, 0.2) is 18.1 Å². The molecule has 92 valence electrons. The number of carbonyl (C=O) groups is 1. The second-order valence-corrected chi connectivity index (χ2v) is 3.43. The molecular weight excluding hydrogens is 224 g/mol. The molecule has 0 bridgehead atoms. The quantitative estimate of drug-likeness (QED) is 0.547. The maximum atomic E-state index is 10.5. The number of rotatable bonds is 4. The number of hydrogen-bond acceptors (Lipinski definition) is 5. The molecule has 0 heterocycles. The van der Waals surface area contributed by atoms with Crippen LogP contribution < -0.4 is 0 Å². The second-order valence-electron chi connectivity index (χ2n) is 3.43. The fourth-order valence-electron chi connectivity index (χ4n) is 1.17. The number of esters is 1. The molecule has 1 aromatic carbocycles. The molecule has 0 saturated heterocycles. The zero-order valence-corrected chi connectivity index (χ0v) is 9.38. The summed E-state index contributed by atoms with van der Waals surface area (Å²) in [5.74, 6) is -1.31. The Bertz CT molecular complexity index is 419. The van der Waals surface area contributed by atoms with Gasteiger partial charge in [0.25, 0.3) is 0 Å². The Morgan fingerprint density at radius 2 is 1.82 bits per heavy atom. The SMILES string of the molecule is CC(=O)OC/C(O)=C(/O)c1ccc(CO)cc1. The molecule has 5 nitrogen and oxygen atoms in total. The molecule has 0 aliphatic heterocycles. The first kappa shape index (κ1) is 13.1. The van der Waals surface area contributed by atoms with E-state index < -0.39 is 11.7 Å². The lowest BCUT2D eigenvalue weighted by atomic mass is 10.1. The lowest BCUT2D eigenvalue weighted by molar-refractivity contribution is -0.140. The Morgan fingerprint density at radius 3 is 2.29 bits per heavy atom. The molecule has 17 heavy (non-hydrogen) atoms. The minimum atomic E-state index is -0.542. The molecule has 5 heteroatoms. The first-order valence-corrected chi connectivity index (χ1v) is 4.99. The van der Waals surface area contributed by atoms with Crippen molar-refractivity contribution in [3.63, 3.8) is 0 Å². The van der Waals surface area contributed by atoms with Crippen LogP contribution in [0.15, 0.2) is 30.0 Å². The van der Waals surface area contributed by atoms with E-state index in [1.54, 1.807) is 24.3 Å². The van der Waals surface area contributed by atoms with Crippen LogP contribution >= 0.6 is 0 Å². The van der Waals surface area contributed by atoms with Gasteiger partial charge in [0.1, 0.15) is 0 Å². The first-order valence-electron chi connectivity index (χ1n) is 4.99. The van der Waals surface area contributed by atoms with Gasteiger partial charge in [0.05, 0.1) is 6.61 Å². The number of carbonyl (C=O) groups excluding carboxylic acids is 1. The molecule has 0 spiro atoms. The molecule has 0 aromatic heterocycles. The molecule has 3 N–H and O–H groups in total. The van der Waals surface area contributed by atoms with Gasteiger partial charge < -0.3 is 20.1 Å². The Morgan fingerprint density at radius 1 is 1.24 bits per heavy atom. The van der Waals surface area contributed by atoms with E-state index in [2.05, 4.69) is 4.74 Å². The van der Waals surface area contributed by atoms with Crippen LogP contribution in [0.5, 0.6) is 0 Å². The molecule has 0 atom stereocenters. The van der Waals surface area contributed by atoms with Gasteiger partial charge in [-0.15, -0.1) is 0 Å². The average Bonchev–Trinajstić information content (AvgIpc) is 2.35. The highest BCUT2D eigenvalue weighted by Gasteiger charge is 2.08. The zero-order valence-electron chi connectivity index (χ0n) is 9.38. The molecule has 0 amide bonds. The van der Waals surface area contributed by atoms with Crippen molar-refractivity contribution in [2.24, 2.45) is 0 Å². The summed E-state index contributed by atoms with van der Waals surface area (Å²) >= 11 is 0. The van der Waals surface area contributed by atoms with Crippen LogP contribution in [0.4, 0.5) is 0 Å². The van der Waals surface area contributed by atoms with Crippen LogP contribution in [0.1, 0.15) is 18.1 Å². The largest absolute Gasteiger partial charge is 0.506 e. The molecule has 0 aliphatic carbocycles. The smallest absolute Gasteiger partial charge is 0.303 e. The maximum absolute atomic E-state index is 10.5. The number of aliphatic hydroxyl groups is 3. The Hall–Kier alpha value is -2.01. The van der Waals surface area contributed by atoms with E-state index in [0.717, 1.165) is 0 Å². The van der Waals surface area contributed by atoms with Crippen LogP contribution in [-0.2, 0) is 16.1 Å². The zero-order chi connectivity index (χ0) is 12.8. The van der Waals surface area contributed by atoms with Crippen LogP contribution in [-0.4, -0.2) is 27.9 Å². The fourth-order valence-corrected chi connectivity index (χ4v) is 1.17. The summed E-state index contributed by atoms with van der Waals surface area (Å²) < 4.78 is 4.54. The van der Waals surface area contributed by atoms with Gasteiger partial charge in [0.2, 0.25) is 0 Å². The van der Waals surface area contributed by atoms with E-state index in [-0.39, 0.29) is 19.0 Å². The normalized spacial score (nSPS) is 11.9. The summed E-state index contributed by atoms with van der Waals surface area (Å²) in [7, 11) is 0. The third kappa shape index (κ3) is 3.81. The van der Waals surface area contributed by atoms with Gasteiger partial charge in [-0.05, 0) is 5.56 Å². The molecule has 0 unspecified atom stereocenters. The summed E-state index contributed by atoms with van der Waals surface area (Å²) in [6.07, 6.45) is 0. The topological polar surface area (TPSA) is 87.0 Å². The highest BCUT2D eigenvalue weighted by molar-refractivity contribution is 5.67. The van der Waals surface area contributed by atoms with Crippen molar-refractivity contribution in [3.8, 4) is 0 Å². The molecule has 0 radical (unpaired) electrons. The maximum Gasteiger partial charge on any atom is 0.303 e. The van der Waals surface area contributed by atoms with E-state index in [4.69, 9.17) is 5.11 Å². The monoisotopic (exact) mass is 238 g/mol. The van der Waals surface area contributed by atoms with Crippen LogP contribution in [0.3, 0.4) is 0 Å². The lowest BCUT2D eigenvalue weighted by Crippen LogP contribution is -2.05. The van der Waals surface area contributed by atoms with Crippen LogP contribution in [0, 0.1) is 0 Å². The van der Waals surface area contributed by atoms with Gasteiger partial charge in [-0.3, -0.25) is 4.79 Å². The number of benzene rings is 1. The molecule has 1 rings (SSSR count). The minimum Gasteiger partial charge on any atom is -0.506 e. The van der Waals surface area contributed by atoms with Crippen LogP contribution in [0.25, 0.3) is 5.76 Å². The summed E-state index contributed by atoms with van der Waals surface area (Å²) in [6.45, 7) is 0.744. The summed E-state index contributed by atoms with van der Waals surface area (Å²) in [5, 5.41) is 27.9. The Labute approximate surface area is 98.6 Å². The molecule has 0 fully saturated rings. The predicted octanol–water partition coefficient (Wildman–Crippen LogP) is 1.53.